The maximum absolute atomic E-state index is 14.9. The number of benzene rings is 3. The quantitative estimate of drug-likeness (QED) is 0.343. The third kappa shape index (κ3) is 6.71. The fourth-order valence-electron chi connectivity index (χ4n) is 4.26. The van der Waals surface area contributed by atoms with Gasteiger partial charge in [-0.05, 0) is 73.4 Å². The largest absolute Gasteiger partial charge is 0.478 e. The van der Waals surface area contributed by atoms with Crippen molar-refractivity contribution in [1.29, 1.82) is 0 Å². The number of para-hydroxylation sites is 1. The van der Waals surface area contributed by atoms with Crippen molar-refractivity contribution in [3.63, 3.8) is 0 Å². The van der Waals surface area contributed by atoms with Crippen LogP contribution in [0.2, 0.25) is 0 Å². The molecule has 0 spiro atoms. The van der Waals surface area contributed by atoms with Crippen LogP contribution in [0.25, 0.3) is 0 Å². The molecule has 0 unspecified atom stereocenters. The highest BCUT2D eigenvalue weighted by Gasteiger charge is 2.36. The Balaban J connectivity index is 1.31. The molecule has 3 aromatic carbocycles. The summed E-state index contributed by atoms with van der Waals surface area (Å²) in [4.78, 5) is 37.6. The number of Topliss-reactive ketones (excluding diaryl/α,β-unsaturated/α-hetero) is 1. The molecule has 37 heavy (non-hydrogen) atoms. The number of nitrogens with one attached hydrogen (secondary N) is 2. The van der Waals surface area contributed by atoms with Crippen molar-refractivity contribution in [1.82, 2.24) is 4.90 Å². The standard InChI is InChI=1S/C28H28FN3O5/c1-18-5-2-3-6-23(18)31-28(36)30-21-12-8-19(9-13-21)17-25(33)24-7-4-16-32(24)27(29)37-22-14-10-20(11-15-22)26(34)35/h2-3,5-6,8-15,24,27H,4,7,16-17H2,1H3,(H,34,35)(H2,30,31,36)/t24-,27-/m0/s1. The van der Waals surface area contributed by atoms with Gasteiger partial charge in [-0.3, -0.25) is 4.79 Å². The van der Waals surface area contributed by atoms with E-state index in [2.05, 4.69) is 10.6 Å². The third-order valence-corrected chi connectivity index (χ3v) is 6.24. The number of hydrogen-bond donors (Lipinski definition) is 3. The summed E-state index contributed by atoms with van der Waals surface area (Å²) in [6, 6.07) is 18.9. The van der Waals surface area contributed by atoms with E-state index in [1.807, 2.05) is 31.2 Å². The Morgan fingerprint density at radius 2 is 1.73 bits per heavy atom. The molecular formula is C28H28FN3O5. The number of nitrogens with zero attached hydrogens (tertiary/aromatic N) is 1. The molecule has 3 N–H and O–H groups in total. The molecule has 9 heteroatoms. The number of urea groups is 1. The number of ketones is 1. The average Bonchev–Trinajstić information content (AvgIpc) is 3.37. The van der Waals surface area contributed by atoms with Crippen molar-refractivity contribution in [3.8, 4) is 5.75 Å². The predicted octanol–water partition coefficient (Wildman–Crippen LogP) is 5.25. The van der Waals surface area contributed by atoms with Gasteiger partial charge in [0.1, 0.15) is 5.75 Å². The number of carboxylic acids is 1. The van der Waals surface area contributed by atoms with E-state index in [1.165, 1.54) is 29.2 Å². The fraction of sp³-hybridized carbons (Fsp3) is 0.250. The van der Waals surface area contributed by atoms with E-state index in [0.29, 0.717) is 25.1 Å². The van der Waals surface area contributed by atoms with Gasteiger partial charge in [0.15, 0.2) is 5.78 Å². The van der Waals surface area contributed by atoms with Crippen LogP contribution in [0.3, 0.4) is 0 Å². The monoisotopic (exact) mass is 505 g/mol. The number of likely N-dealkylation sites (tertiary alicyclic amines) is 1. The Hall–Kier alpha value is -4.24. The van der Waals surface area contributed by atoms with E-state index < -0.39 is 18.5 Å². The van der Waals surface area contributed by atoms with Crippen molar-refractivity contribution >= 4 is 29.2 Å². The van der Waals surface area contributed by atoms with E-state index in [0.717, 1.165) is 16.8 Å². The molecule has 0 saturated carbocycles. The molecule has 0 aromatic heterocycles. The molecule has 8 nitrogen and oxygen atoms in total. The van der Waals surface area contributed by atoms with Crippen molar-refractivity contribution < 1.29 is 28.6 Å². The molecule has 0 radical (unpaired) electrons. The Kier molecular flexibility index (Phi) is 8.15. The highest BCUT2D eigenvalue weighted by molar-refractivity contribution is 6.00. The number of aromatic carboxylic acids is 1. The number of carbonyl (C=O) groups excluding carboxylic acids is 2. The molecule has 1 aliphatic heterocycles. The summed E-state index contributed by atoms with van der Waals surface area (Å²) < 4.78 is 20.3. The van der Waals surface area contributed by atoms with Crippen molar-refractivity contribution in [2.24, 2.45) is 0 Å². The number of ether oxygens (including phenoxy) is 1. The molecule has 4 rings (SSSR count). The van der Waals surface area contributed by atoms with Gasteiger partial charge in [-0.15, -0.1) is 0 Å². The number of amides is 2. The minimum atomic E-state index is -1.83. The lowest BCUT2D eigenvalue weighted by atomic mass is 10.0. The van der Waals surface area contributed by atoms with Gasteiger partial charge in [-0.25, -0.2) is 14.5 Å². The van der Waals surface area contributed by atoms with Crippen molar-refractivity contribution in [2.75, 3.05) is 17.2 Å². The molecule has 0 bridgehead atoms. The van der Waals surface area contributed by atoms with Crippen LogP contribution in [-0.2, 0) is 11.2 Å². The molecule has 1 fully saturated rings. The van der Waals surface area contributed by atoms with Gasteiger partial charge >= 0.3 is 12.0 Å². The number of aryl methyl sites for hydroxylation is 1. The number of halogens is 1. The maximum atomic E-state index is 14.9. The van der Waals surface area contributed by atoms with Crippen LogP contribution in [0.15, 0.2) is 72.8 Å². The lowest BCUT2D eigenvalue weighted by Crippen LogP contribution is -2.44. The van der Waals surface area contributed by atoms with Crippen LogP contribution in [-0.4, -0.2) is 46.9 Å². The Labute approximate surface area is 214 Å². The Bertz CT molecular complexity index is 1260. The van der Waals surface area contributed by atoms with E-state index in [9.17, 15) is 18.8 Å². The molecular weight excluding hydrogens is 477 g/mol. The third-order valence-electron chi connectivity index (χ3n) is 6.24. The first-order valence-electron chi connectivity index (χ1n) is 12.0. The van der Waals surface area contributed by atoms with Gasteiger partial charge in [0.2, 0.25) is 0 Å². The summed E-state index contributed by atoms with van der Waals surface area (Å²) in [6.07, 6.45) is 1.31. The minimum absolute atomic E-state index is 0.0742. The maximum Gasteiger partial charge on any atom is 0.335 e. The number of rotatable bonds is 9. The number of anilines is 2. The zero-order valence-electron chi connectivity index (χ0n) is 20.3. The van der Waals surface area contributed by atoms with Gasteiger partial charge in [0.25, 0.3) is 6.48 Å². The predicted molar refractivity (Wildman–Crippen MR) is 138 cm³/mol. The Morgan fingerprint density at radius 3 is 2.41 bits per heavy atom. The van der Waals surface area contributed by atoms with Crippen LogP contribution >= 0.6 is 0 Å². The van der Waals surface area contributed by atoms with E-state index in [1.54, 1.807) is 24.3 Å². The van der Waals surface area contributed by atoms with Gasteiger partial charge in [0, 0.05) is 24.3 Å². The molecule has 1 saturated heterocycles. The first-order valence-corrected chi connectivity index (χ1v) is 12.0. The molecule has 0 aliphatic carbocycles. The topological polar surface area (TPSA) is 108 Å². The van der Waals surface area contributed by atoms with Crippen LogP contribution < -0.4 is 15.4 Å². The van der Waals surface area contributed by atoms with E-state index in [-0.39, 0.29) is 29.5 Å². The molecule has 2 atom stereocenters. The van der Waals surface area contributed by atoms with Crippen LogP contribution in [0.5, 0.6) is 5.75 Å². The Morgan fingerprint density at radius 1 is 1.03 bits per heavy atom. The van der Waals surface area contributed by atoms with E-state index in [4.69, 9.17) is 9.84 Å². The van der Waals surface area contributed by atoms with Crippen LogP contribution in [0.4, 0.5) is 20.6 Å². The van der Waals surface area contributed by atoms with Gasteiger partial charge in [-0.1, -0.05) is 30.3 Å². The normalized spacial score (nSPS) is 16.1. The summed E-state index contributed by atoms with van der Waals surface area (Å²) >= 11 is 0. The fourth-order valence-corrected chi connectivity index (χ4v) is 4.26. The van der Waals surface area contributed by atoms with Gasteiger partial charge in [-0.2, -0.15) is 4.39 Å². The van der Waals surface area contributed by atoms with Crippen molar-refractivity contribution in [2.45, 2.75) is 38.7 Å². The van der Waals surface area contributed by atoms with Crippen LogP contribution in [0, 0.1) is 6.92 Å². The second-order valence-corrected chi connectivity index (χ2v) is 8.87. The summed E-state index contributed by atoms with van der Waals surface area (Å²) in [7, 11) is 0. The lowest BCUT2D eigenvalue weighted by molar-refractivity contribution is -0.133. The van der Waals surface area contributed by atoms with Crippen LogP contribution in [0.1, 0.15) is 34.3 Å². The molecule has 2 amide bonds. The van der Waals surface area contributed by atoms with Gasteiger partial charge < -0.3 is 20.5 Å². The lowest BCUT2D eigenvalue weighted by Gasteiger charge is -2.27. The van der Waals surface area contributed by atoms with Crippen molar-refractivity contribution in [3.05, 3.63) is 89.5 Å². The molecule has 1 aliphatic rings. The average molecular weight is 506 g/mol. The highest BCUT2D eigenvalue weighted by atomic mass is 19.1. The smallest absolute Gasteiger partial charge is 0.335 e. The zero-order valence-corrected chi connectivity index (χ0v) is 20.3. The zero-order chi connectivity index (χ0) is 26.4. The SMILES string of the molecule is Cc1ccccc1NC(=O)Nc1ccc(CC(=O)[C@@H]2CCCN2[C@H](F)Oc2ccc(C(=O)O)cc2)cc1. The second kappa shape index (κ2) is 11.7. The summed E-state index contributed by atoms with van der Waals surface area (Å²) in [5.41, 5.74) is 3.07. The summed E-state index contributed by atoms with van der Waals surface area (Å²) in [6.45, 7) is 0.456. The molecule has 1 heterocycles. The first-order chi connectivity index (χ1) is 17.8. The number of carbonyl (C=O) groups is 3. The van der Waals surface area contributed by atoms with Gasteiger partial charge in [0.05, 0.1) is 11.6 Å². The molecule has 3 aromatic rings. The number of carboxylic acid groups (broad SMARTS) is 1. The summed E-state index contributed by atoms with van der Waals surface area (Å²) in [5.74, 6) is -1.02. The number of hydrogen-bond acceptors (Lipinski definition) is 5. The highest BCUT2D eigenvalue weighted by Crippen LogP contribution is 2.25. The molecule has 192 valence electrons. The first kappa shape index (κ1) is 25.8. The summed E-state index contributed by atoms with van der Waals surface area (Å²) in [5, 5.41) is 14.5. The second-order valence-electron chi connectivity index (χ2n) is 8.87. The van der Waals surface area contributed by atoms with E-state index >= 15 is 0 Å². The minimum Gasteiger partial charge on any atom is -0.478 e. The number of alkyl halides is 1.